The van der Waals surface area contributed by atoms with Crippen LogP contribution in [0.1, 0.15) is 48.0 Å². The third-order valence-corrected chi connectivity index (χ3v) is 5.33. The number of anilines is 1. The van der Waals surface area contributed by atoms with Gasteiger partial charge >= 0.3 is 0 Å². The number of guanidine groups is 2. The highest BCUT2D eigenvalue weighted by atomic mass is 19.1. The molecule has 1 spiro atoms. The Morgan fingerprint density at radius 2 is 1.75 bits per heavy atom. The average molecular weight is 379 g/mol. The van der Waals surface area contributed by atoms with E-state index >= 15 is 0 Å². The van der Waals surface area contributed by atoms with E-state index in [1.54, 1.807) is 35.2 Å². The van der Waals surface area contributed by atoms with Crippen LogP contribution in [0, 0.1) is 5.82 Å². The molecular weight excluding hydrogens is 357 g/mol. The fourth-order valence-electron chi connectivity index (χ4n) is 4.10. The van der Waals surface area contributed by atoms with Crippen LogP contribution in [0.4, 0.5) is 10.1 Å². The SMILES string of the molecule is NC1=NC2(CCCCC2)N(c2ccc(F)cc2C(=O)c2ccccc2)C(N)=N1. The summed E-state index contributed by atoms with van der Waals surface area (Å²) < 4.78 is 14.1. The lowest BCUT2D eigenvalue weighted by Crippen LogP contribution is -2.58. The van der Waals surface area contributed by atoms with Crippen molar-refractivity contribution < 1.29 is 9.18 Å². The lowest BCUT2D eigenvalue weighted by atomic mass is 9.86. The van der Waals surface area contributed by atoms with Crippen LogP contribution >= 0.6 is 0 Å². The Labute approximate surface area is 162 Å². The molecule has 6 nitrogen and oxygen atoms in total. The fraction of sp³-hybridized carbons (Fsp3) is 0.286. The normalized spacial score (nSPS) is 18.5. The number of hydrogen-bond donors (Lipinski definition) is 2. The molecule has 0 aromatic heterocycles. The third kappa shape index (κ3) is 3.13. The van der Waals surface area contributed by atoms with Crippen molar-refractivity contribution in [2.75, 3.05) is 4.90 Å². The van der Waals surface area contributed by atoms with Gasteiger partial charge in [-0.05, 0) is 43.9 Å². The zero-order valence-electron chi connectivity index (χ0n) is 15.4. The predicted octanol–water partition coefficient (Wildman–Crippen LogP) is 3.17. The van der Waals surface area contributed by atoms with Gasteiger partial charge in [-0.15, -0.1) is 0 Å². The number of carbonyl (C=O) groups excluding carboxylic acids is 1. The molecule has 4 N–H and O–H groups in total. The van der Waals surface area contributed by atoms with Gasteiger partial charge in [0.2, 0.25) is 11.9 Å². The maximum absolute atomic E-state index is 14.1. The largest absolute Gasteiger partial charge is 0.369 e. The number of rotatable bonds is 3. The van der Waals surface area contributed by atoms with Crippen molar-refractivity contribution >= 4 is 23.4 Å². The number of halogens is 1. The molecule has 0 bridgehead atoms. The molecular formula is C21H22FN5O. The Kier molecular flexibility index (Phi) is 4.58. The van der Waals surface area contributed by atoms with Crippen LogP contribution in [0.25, 0.3) is 0 Å². The van der Waals surface area contributed by atoms with Gasteiger partial charge in [-0.25, -0.2) is 9.38 Å². The number of hydrogen-bond acceptors (Lipinski definition) is 6. The molecule has 28 heavy (non-hydrogen) atoms. The monoisotopic (exact) mass is 379 g/mol. The van der Waals surface area contributed by atoms with Gasteiger partial charge in [0.1, 0.15) is 11.5 Å². The van der Waals surface area contributed by atoms with Gasteiger partial charge in [-0.3, -0.25) is 9.69 Å². The second-order valence-corrected chi connectivity index (χ2v) is 7.18. The maximum Gasteiger partial charge on any atom is 0.220 e. The Morgan fingerprint density at radius 3 is 2.46 bits per heavy atom. The van der Waals surface area contributed by atoms with Gasteiger partial charge in [0.15, 0.2) is 5.78 Å². The third-order valence-electron chi connectivity index (χ3n) is 5.33. The van der Waals surface area contributed by atoms with Crippen LogP contribution in [0.15, 0.2) is 58.5 Å². The van der Waals surface area contributed by atoms with Crippen molar-refractivity contribution in [1.29, 1.82) is 0 Å². The summed E-state index contributed by atoms with van der Waals surface area (Å²) >= 11 is 0. The summed E-state index contributed by atoms with van der Waals surface area (Å²) in [5.41, 5.74) is 12.7. The minimum absolute atomic E-state index is 0.133. The first-order valence-corrected chi connectivity index (χ1v) is 9.39. The molecule has 0 amide bonds. The number of nitrogens with two attached hydrogens (primary N) is 2. The second-order valence-electron chi connectivity index (χ2n) is 7.18. The molecule has 0 radical (unpaired) electrons. The van der Waals surface area contributed by atoms with Crippen LogP contribution in [0.2, 0.25) is 0 Å². The van der Waals surface area contributed by atoms with Crippen LogP contribution in [-0.2, 0) is 0 Å². The summed E-state index contributed by atoms with van der Waals surface area (Å²) in [5, 5.41) is 0. The van der Waals surface area contributed by atoms with Crippen molar-refractivity contribution in [3.63, 3.8) is 0 Å². The standard InChI is InChI=1S/C21H22FN5O/c22-15-9-10-17(16(13-15)18(28)14-7-3-1-4-8-14)27-20(24)25-19(23)26-21(27)11-5-2-6-12-21/h1,3-4,7-10,13H,2,5-6,11-12H2,(H4,23,24,25,26). The first-order chi connectivity index (χ1) is 13.5. The van der Waals surface area contributed by atoms with Crippen molar-refractivity contribution in [2.24, 2.45) is 21.5 Å². The van der Waals surface area contributed by atoms with Gasteiger partial charge in [0, 0.05) is 11.1 Å². The molecule has 1 aliphatic carbocycles. The smallest absolute Gasteiger partial charge is 0.220 e. The molecule has 1 saturated carbocycles. The molecule has 1 fully saturated rings. The van der Waals surface area contributed by atoms with Gasteiger partial charge in [-0.1, -0.05) is 36.8 Å². The average Bonchev–Trinajstić information content (AvgIpc) is 2.69. The van der Waals surface area contributed by atoms with Gasteiger partial charge in [-0.2, -0.15) is 4.99 Å². The molecule has 2 aromatic rings. The van der Waals surface area contributed by atoms with E-state index in [2.05, 4.69) is 9.98 Å². The van der Waals surface area contributed by atoms with Crippen LogP contribution in [0.3, 0.4) is 0 Å². The van der Waals surface area contributed by atoms with Crippen molar-refractivity contribution in [3.8, 4) is 0 Å². The molecule has 4 rings (SSSR count). The van der Waals surface area contributed by atoms with E-state index in [0.717, 1.165) is 32.1 Å². The number of aliphatic imine (C=N–C) groups is 2. The maximum atomic E-state index is 14.1. The highest BCUT2D eigenvalue weighted by Gasteiger charge is 2.43. The lowest BCUT2D eigenvalue weighted by molar-refractivity contribution is 0.103. The van der Waals surface area contributed by atoms with E-state index in [1.165, 1.54) is 12.1 Å². The van der Waals surface area contributed by atoms with E-state index in [4.69, 9.17) is 11.5 Å². The number of benzene rings is 2. The van der Waals surface area contributed by atoms with Crippen LogP contribution in [-0.4, -0.2) is 23.4 Å². The van der Waals surface area contributed by atoms with Crippen LogP contribution < -0.4 is 16.4 Å². The van der Waals surface area contributed by atoms with E-state index in [9.17, 15) is 9.18 Å². The summed E-state index contributed by atoms with van der Waals surface area (Å²) in [6, 6.07) is 12.9. The summed E-state index contributed by atoms with van der Waals surface area (Å²) in [5.74, 6) is -0.468. The summed E-state index contributed by atoms with van der Waals surface area (Å²) in [4.78, 5) is 23.7. The first kappa shape index (κ1) is 18.2. The Hall–Kier alpha value is -3.22. The molecule has 144 valence electrons. The zero-order valence-corrected chi connectivity index (χ0v) is 15.4. The van der Waals surface area contributed by atoms with Gasteiger partial charge < -0.3 is 11.5 Å². The van der Waals surface area contributed by atoms with E-state index in [-0.39, 0.29) is 23.3 Å². The van der Waals surface area contributed by atoms with Crippen molar-refractivity contribution in [3.05, 3.63) is 65.5 Å². The molecule has 2 aliphatic rings. The summed E-state index contributed by atoms with van der Waals surface area (Å²) in [7, 11) is 0. The molecule has 1 heterocycles. The Morgan fingerprint density at radius 1 is 1.04 bits per heavy atom. The Bertz CT molecular complexity index is 964. The minimum atomic E-state index is -0.697. The van der Waals surface area contributed by atoms with E-state index in [0.29, 0.717) is 11.3 Å². The second kappa shape index (κ2) is 7.07. The first-order valence-electron chi connectivity index (χ1n) is 9.39. The van der Waals surface area contributed by atoms with Gasteiger partial charge in [0.25, 0.3) is 0 Å². The van der Waals surface area contributed by atoms with E-state index < -0.39 is 11.5 Å². The topological polar surface area (TPSA) is 97.1 Å². The van der Waals surface area contributed by atoms with E-state index in [1.807, 2.05) is 6.07 Å². The van der Waals surface area contributed by atoms with Crippen molar-refractivity contribution in [1.82, 2.24) is 0 Å². The molecule has 2 aromatic carbocycles. The minimum Gasteiger partial charge on any atom is -0.369 e. The molecule has 0 atom stereocenters. The highest BCUT2D eigenvalue weighted by molar-refractivity contribution is 6.15. The fourth-order valence-corrected chi connectivity index (χ4v) is 4.10. The van der Waals surface area contributed by atoms with Crippen LogP contribution in [0.5, 0.6) is 0 Å². The number of ketones is 1. The Balaban J connectivity index is 1.86. The van der Waals surface area contributed by atoms with Gasteiger partial charge in [0.05, 0.1) is 5.69 Å². The molecule has 0 unspecified atom stereocenters. The summed E-state index contributed by atoms with van der Waals surface area (Å²) in [6.07, 6.45) is 4.50. The quantitative estimate of drug-likeness (QED) is 0.801. The number of nitrogens with zero attached hydrogens (tertiary/aromatic N) is 3. The highest BCUT2D eigenvalue weighted by Crippen LogP contribution is 2.41. The molecule has 0 saturated heterocycles. The van der Waals surface area contributed by atoms with Crippen molar-refractivity contribution in [2.45, 2.75) is 37.8 Å². The molecule has 7 heteroatoms. The summed E-state index contributed by atoms with van der Waals surface area (Å²) in [6.45, 7) is 0. The zero-order chi connectivity index (χ0) is 19.7. The predicted molar refractivity (Wildman–Crippen MR) is 108 cm³/mol. The number of carbonyl (C=O) groups is 1. The lowest BCUT2D eigenvalue weighted by Gasteiger charge is -2.46. The molecule has 1 aliphatic heterocycles.